The summed E-state index contributed by atoms with van der Waals surface area (Å²) < 4.78 is 32.3. The number of rotatable bonds is 8. The van der Waals surface area contributed by atoms with Crippen LogP contribution in [0.3, 0.4) is 0 Å². The highest BCUT2D eigenvalue weighted by molar-refractivity contribution is 7.89. The fourth-order valence-corrected chi connectivity index (χ4v) is 3.36. The second-order valence-corrected chi connectivity index (χ2v) is 7.13. The van der Waals surface area contributed by atoms with Crippen molar-refractivity contribution in [1.82, 2.24) is 4.72 Å². The number of hydrogen-bond donors (Lipinski definition) is 2. The molecule has 2 rings (SSSR count). The standard InChI is InChI=1S/C15H24N2O3S/c1-2-9-16-14-3-5-15(6-4-14)21(18,19)17-10-7-13-8-11-20-12-13/h3-6,13,16-17H,2,7-12H2,1H3. The molecule has 0 aromatic heterocycles. The molecule has 0 radical (unpaired) electrons. The maximum absolute atomic E-state index is 12.2. The summed E-state index contributed by atoms with van der Waals surface area (Å²) in [6, 6.07) is 6.88. The molecule has 5 nitrogen and oxygen atoms in total. The Bertz CT molecular complexity index is 522. The van der Waals surface area contributed by atoms with E-state index in [9.17, 15) is 8.42 Å². The summed E-state index contributed by atoms with van der Waals surface area (Å²) in [5.74, 6) is 0.480. The van der Waals surface area contributed by atoms with Gasteiger partial charge in [-0.2, -0.15) is 0 Å². The summed E-state index contributed by atoms with van der Waals surface area (Å²) in [7, 11) is -3.41. The molecule has 0 spiro atoms. The number of hydrogen-bond acceptors (Lipinski definition) is 4. The molecular formula is C15H24N2O3S. The maximum Gasteiger partial charge on any atom is 0.240 e. The molecule has 118 valence electrons. The lowest BCUT2D eigenvalue weighted by molar-refractivity contribution is 0.184. The van der Waals surface area contributed by atoms with E-state index >= 15 is 0 Å². The van der Waals surface area contributed by atoms with Crippen LogP contribution in [-0.2, 0) is 14.8 Å². The van der Waals surface area contributed by atoms with Gasteiger partial charge in [0.05, 0.1) is 4.90 Å². The Morgan fingerprint density at radius 3 is 2.62 bits per heavy atom. The maximum atomic E-state index is 12.2. The molecule has 0 amide bonds. The molecule has 2 N–H and O–H groups in total. The minimum Gasteiger partial charge on any atom is -0.385 e. The van der Waals surface area contributed by atoms with Crippen LogP contribution in [0.1, 0.15) is 26.2 Å². The lowest BCUT2D eigenvalue weighted by atomic mass is 10.1. The van der Waals surface area contributed by atoms with Crippen LogP contribution in [0.4, 0.5) is 5.69 Å². The van der Waals surface area contributed by atoms with Crippen LogP contribution in [0.15, 0.2) is 29.2 Å². The number of anilines is 1. The fraction of sp³-hybridized carbons (Fsp3) is 0.600. The van der Waals surface area contributed by atoms with Crippen molar-refractivity contribution in [1.29, 1.82) is 0 Å². The fourth-order valence-electron chi connectivity index (χ4n) is 2.31. The molecule has 1 aliphatic rings. The van der Waals surface area contributed by atoms with Crippen LogP contribution in [0, 0.1) is 5.92 Å². The van der Waals surface area contributed by atoms with E-state index in [-0.39, 0.29) is 0 Å². The first-order valence-electron chi connectivity index (χ1n) is 7.53. The van der Waals surface area contributed by atoms with Crippen molar-refractivity contribution in [3.63, 3.8) is 0 Å². The van der Waals surface area contributed by atoms with Crippen molar-refractivity contribution < 1.29 is 13.2 Å². The quantitative estimate of drug-likeness (QED) is 0.772. The molecule has 1 aromatic rings. The molecule has 6 heteroatoms. The zero-order valence-electron chi connectivity index (χ0n) is 12.5. The third-order valence-corrected chi connectivity index (χ3v) is 5.09. The van der Waals surface area contributed by atoms with E-state index in [1.54, 1.807) is 24.3 Å². The molecule has 0 bridgehead atoms. The van der Waals surface area contributed by atoms with Gasteiger partial charge in [-0.25, -0.2) is 13.1 Å². The minimum absolute atomic E-state index is 0.312. The van der Waals surface area contributed by atoms with Crippen molar-refractivity contribution >= 4 is 15.7 Å². The number of ether oxygens (including phenoxy) is 1. The lowest BCUT2D eigenvalue weighted by Crippen LogP contribution is -2.26. The van der Waals surface area contributed by atoms with Crippen LogP contribution >= 0.6 is 0 Å². The van der Waals surface area contributed by atoms with E-state index in [4.69, 9.17) is 4.74 Å². The molecule has 21 heavy (non-hydrogen) atoms. The molecule has 1 unspecified atom stereocenters. The predicted octanol–water partition coefficient (Wildman–Crippen LogP) is 2.21. The Balaban J connectivity index is 1.85. The van der Waals surface area contributed by atoms with Crippen LogP contribution in [0.2, 0.25) is 0 Å². The van der Waals surface area contributed by atoms with Crippen molar-refractivity contribution in [2.24, 2.45) is 5.92 Å². The Kier molecular flexibility index (Phi) is 6.02. The SMILES string of the molecule is CCCNc1ccc(S(=O)(=O)NCCC2CCOC2)cc1. The topological polar surface area (TPSA) is 67.4 Å². The van der Waals surface area contributed by atoms with E-state index in [1.165, 1.54) is 0 Å². The summed E-state index contributed by atoms with van der Waals surface area (Å²) in [5, 5.41) is 3.22. The van der Waals surface area contributed by atoms with Crippen molar-refractivity contribution in [3.05, 3.63) is 24.3 Å². The van der Waals surface area contributed by atoms with Gasteiger partial charge >= 0.3 is 0 Å². The summed E-state index contributed by atoms with van der Waals surface area (Å²) in [5.41, 5.74) is 0.943. The van der Waals surface area contributed by atoms with Gasteiger partial charge in [0.15, 0.2) is 0 Å². The second-order valence-electron chi connectivity index (χ2n) is 5.37. The number of benzene rings is 1. The normalized spacial score (nSPS) is 18.8. The van der Waals surface area contributed by atoms with E-state index in [0.29, 0.717) is 17.4 Å². The largest absolute Gasteiger partial charge is 0.385 e. The first kappa shape index (κ1) is 16.3. The van der Waals surface area contributed by atoms with Crippen LogP contribution in [0.5, 0.6) is 0 Å². The molecule has 0 aliphatic carbocycles. The smallest absolute Gasteiger partial charge is 0.240 e. The monoisotopic (exact) mass is 312 g/mol. The van der Waals surface area contributed by atoms with Gasteiger partial charge in [-0.3, -0.25) is 0 Å². The van der Waals surface area contributed by atoms with E-state index in [1.807, 2.05) is 0 Å². The molecule has 1 heterocycles. The van der Waals surface area contributed by atoms with Gasteiger partial charge in [0, 0.05) is 32.0 Å². The summed E-state index contributed by atoms with van der Waals surface area (Å²) >= 11 is 0. The van der Waals surface area contributed by atoms with Crippen LogP contribution in [0.25, 0.3) is 0 Å². The third-order valence-electron chi connectivity index (χ3n) is 3.61. The number of nitrogens with one attached hydrogen (secondary N) is 2. The molecule has 1 fully saturated rings. The first-order valence-corrected chi connectivity index (χ1v) is 9.01. The summed E-state index contributed by atoms with van der Waals surface area (Å²) in [4.78, 5) is 0.312. The van der Waals surface area contributed by atoms with Crippen LogP contribution in [-0.4, -0.2) is 34.7 Å². The van der Waals surface area contributed by atoms with Gasteiger partial charge < -0.3 is 10.1 Å². The van der Waals surface area contributed by atoms with Gasteiger partial charge in [-0.15, -0.1) is 0 Å². The molecule has 0 saturated carbocycles. The zero-order chi connectivity index (χ0) is 15.1. The van der Waals surface area contributed by atoms with Gasteiger partial charge in [0.2, 0.25) is 10.0 Å². The minimum atomic E-state index is -3.41. The predicted molar refractivity (Wildman–Crippen MR) is 84.0 cm³/mol. The highest BCUT2D eigenvalue weighted by Gasteiger charge is 2.18. The van der Waals surface area contributed by atoms with Gasteiger partial charge in [-0.1, -0.05) is 6.92 Å². The third kappa shape index (κ3) is 4.98. The molecular weight excluding hydrogens is 288 g/mol. The summed E-state index contributed by atoms with van der Waals surface area (Å²) in [6.45, 7) is 4.98. The Labute approximate surface area is 127 Å². The van der Waals surface area contributed by atoms with Crippen molar-refractivity contribution in [2.45, 2.75) is 31.1 Å². The highest BCUT2D eigenvalue weighted by atomic mass is 32.2. The molecule has 1 saturated heterocycles. The average Bonchev–Trinajstić information content (AvgIpc) is 2.98. The lowest BCUT2D eigenvalue weighted by Gasteiger charge is -2.10. The zero-order valence-corrected chi connectivity index (χ0v) is 13.3. The Morgan fingerprint density at radius 1 is 1.24 bits per heavy atom. The van der Waals surface area contributed by atoms with Crippen molar-refractivity contribution in [3.8, 4) is 0 Å². The average molecular weight is 312 g/mol. The van der Waals surface area contributed by atoms with Gasteiger partial charge in [0.25, 0.3) is 0 Å². The Hall–Kier alpha value is -1.11. The Morgan fingerprint density at radius 2 is 2.00 bits per heavy atom. The van der Waals surface area contributed by atoms with E-state index in [2.05, 4.69) is 17.0 Å². The molecule has 1 atom stereocenters. The van der Waals surface area contributed by atoms with Gasteiger partial charge in [-0.05, 0) is 49.4 Å². The van der Waals surface area contributed by atoms with E-state index < -0.39 is 10.0 Å². The second kappa shape index (κ2) is 7.77. The first-order chi connectivity index (χ1) is 10.1. The number of sulfonamides is 1. The molecule has 1 aliphatic heterocycles. The summed E-state index contributed by atoms with van der Waals surface area (Å²) in [6.07, 6.45) is 2.89. The van der Waals surface area contributed by atoms with E-state index in [0.717, 1.165) is 44.7 Å². The van der Waals surface area contributed by atoms with Gasteiger partial charge in [0.1, 0.15) is 0 Å². The molecule has 1 aromatic carbocycles. The van der Waals surface area contributed by atoms with Crippen LogP contribution < -0.4 is 10.0 Å². The van der Waals surface area contributed by atoms with Crippen molar-refractivity contribution in [2.75, 3.05) is 31.6 Å². The highest BCUT2D eigenvalue weighted by Crippen LogP contribution is 2.17.